The highest BCUT2D eigenvalue weighted by molar-refractivity contribution is 6.17. The average molecular weight is 244 g/mol. The van der Waals surface area contributed by atoms with E-state index >= 15 is 0 Å². The van der Waals surface area contributed by atoms with Gasteiger partial charge in [-0.1, -0.05) is 6.92 Å². The zero-order valence-corrected chi connectivity index (χ0v) is 10.7. The molecule has 0 fully saturated rings. The van der Waals surface area contributed by atoms with Gasteiger partial charge in [0.05, 0.1) is 6.33 Å². The minimum atomic E-state index is -0.254. The number of halogens is 1. The summed E-state index contributed by atoms with van der Waals surface area (Å²) in [4.78, 5) is 15.9. The van der Waals surface area contributed by atoms with Crippen LogP contribution in [-0.4, -0.2) is 26.9 Å². The quantitative estimate of drug-likeness (QED) is 0.804. The molecule has 1 amide bonds. The Morgan fingerprint density at radius 1 is 1.69 bits per heavy atom. The molecule has 0 radical (unpaired) electrons. The third-order valence-electron chi connectivity index (χ3n) is 2.78. The first-order chi connectivity index (χ1) is 7.50. The van der Waals surface area contributed by atoms with Gasteiger partial charge in [-0.15, -0.1) is 11.6 Å². The van der Waals surface area contributed by atoms with Gasteiger partial charge < -0.3 is 9.88 Å². The van der Waals surface area contributed by atoms with Crippen LogP contribution in [0.4, 0.5) is 0 Å². The summed E-state index contributed by atoms with van der Waals surface area (Å²) in [6, 6.07) is 0. The molecule has 1 aromatic heterocycles. The van der Waals surface area contributed by atoms with Gasteiger partial charge in [0.25, 0.3) is 5.91 Å². The van der Waals surface area contributed by atoms with Crippen molar-refractivity contribution in [2.75, 3.05) is 5.88 Å². The van der Waals surface area contributed by atoms with Crippen LogP contribution >= 0.6 is 11.6 Å². The van der Waals surface area contributed by atoms with E-state index in [4.69, 9.17) is 11.6 Å². The molecule has 16 heavy (non-hydrogen) atoms. The van der Waals surface area contributed by atoms with Gasteiger partial charge in [-0.05, 0) is 19.8 Å². The molecule has 0 saturated carbocycles. The van der Waals surface area contributed by atoms with E-state index in [2.05, 4.69) is 10.3 Å². The Labute approximate surface area is 101 Å². The van der Waals surface area contributed by atoms with Crippen molar-refractivity contribution in [1.82, 2.24) is 14.9 Å². The van der Waals surface area contributed by atoms with E-state index in [1.807, 2.05) is 20.9 Å². The number of hydrogen-bond acceptors (Lipinski definition) is 2. The summed E-state index contributed by atoms with van der Waals surface area (Å²) in [6.07, 6.45) is 4.91. The molecule has 0 spiro atoms. The first-order valence-corrected chi connectivity index (χ1v) is 5.90. The molecule has 1 atom stereocenters. The van der Waals surface area contributed by atoms with Crippen LogP contribution in [0, 0.1) is 0 Å². The van der Waals surface area contributed by atoms with Crippen molar-refractivity contribution in [2.45, 2.75) is 32.2 Å². The topological polar surface area (TPSA) is 46.9 Å². The van der Waals surface area contributed by atoms with E-state index < -0.39 is 0 Å². The lowest BCUT2D eigenvalue weighted by molar-refractivity contribution is 0.0897. The highest BCUT2D eigenvalue weighted by Gasteiger charge is 2.24. The van der Waals surface area contributed by atoms with Crippen molar-refractivity contribution in [3.8, 4) is 0 Å². The zero-order chi connectivity index (χ0) is 12.2. The third kappa shape index (κ3) is 3.23. The molecule has 5 heteroatoms. The number of carbonyl (C=O) groups excluding carboxylic acids is 1. The second-order valence-corrected chi connectivity index (χ2v) is 4.61. The number of nitrogens with zero attached hydrogens (tertiary/aromatic N) is 2. The van der Waals surface area contributed by atoms with E-state index in [1.54, 1.807) is 17.1 Å². The number of alkyl halides is 1. The molecule has 4 nitrogen and oxygen atoms in total. The van der Waals surface area contributed by atoms with Crippen LogP contribution in [0.2, 0.25) is 0 Å². The predicted octanol–water partition coefficient (Wildman–Crippen LogP) is 1.95. The molecule has 1 unspecified atom stereocenters. The maximum absolute atomic E-state index is 11.9. The number of nitrogens with one attached hydrogen (secondary N) is 1. The Bertz CT molecular complexity index is 364. The number of aromatic nitrogens is 2. The summed E-state index contributed by atoms with van der Waals surface area (Å²) in [7, 11) is 1.83. The van der Waals surface area contributed by atoms with Crippen LogP contribution in [0.1, 0.15) is 37.2 Å². The van der Waals surface area contributed by atoms with Gasteiger partial charge in [0.15, 0.2) is 0 Å². The highest BCUT2D eigenvalue weighted by Crippen LogP contribution is 2.15. The van der Waals surface area contributed by atoms with Crippen LogP contribution in [0.15, 0.2) is 12.5 Å². The number of aryl methyl sites for hydroxylation is 1. The summed E-state index contributed by atoms with van der Waals surface area (Å²) >= 11 is 5.73. The summed E-state index contributed by atoms with van der Waals surface area (Å²) in [5, 5.41) is 2.97. The van der Waals surface area contributed by atoms with Gasteiger partial charge in [0, 0.05) is 24.7 Å². The van der Waals surface area contributed by atoms with Crippen molar-refractivity contribution in [1.29, 1.82) is 0 Å². The second kappa shape index (κ2) is 5.34. The van der Waals surface area contributed by atoms with Crippen molar-refractivity contribution < 1.29 is 4.79 Å². The molecule has 0 aromatic carbocycles. The first-order valence-electron chi connectivity index (χ1n) is 5.37. The Morgan fingerprint density at radius 3 is 2.81 bits per heavy atom. The second-order valence-electron chi connectivity index (χ2n) is 4.23. The van der Waals surface area contributed by atoms with Gasteiger partial charge in [-0.25, -0.2) is 4.98 Å². The maximum atomic E-state index is 11.9. The molecular weight excluding hydrogens is 226 g/mol. The smallest absolute Gasteiger partial charge is 0.271 e. The third-order valence-corrected chi connectivity index (χ3v) is 2.97. The molecular formula is C11H18ClN3O. The number of carbonyl (C=O) groups is 1. The lowest BCUT2D eigenvalue weighted by atomic mass is 9.95. The summed E-state index contributed by atoms with van der Waals surface area (Å²) < 4.78 is 1.75. The SMILES string of the molecule is CCC(C)(CCCl)NC(=O)c1cn(C)cn1. The lowest BCUT2D eigenvalue weighted by Gasteiger charge is -2.28. The van der Waals surface area contributed by atoms with E-state index in [1.165, 1.54) is 0 Å². The largest absolute Gasteiger partial charge is 0.345 e. The minimum absolute atomic E-state index is 0.143. The Balaban J connectivity index is 2.69. The summed E-state index contributed by atoms with van der Waals surface area (Å²) in [5.41, 5.74) is 0.188. The highest BCUT2D eigenvalue weighted by atomic mass is 35.5. The van der Waals surface area contributed by atoms with E-state index in [9.17, 15) is 4.79 Å². The molecule has 0 bridgehead atoms. The van der Waals surface area contributed by atoms with E-state index in [0.717, 1.165) is 12.8 Å². The fourth-order valence-corrected chi connectivity index (χ4v) is 1.82. The van der Waals surface area contributed by atoms with Crippen molar-refractivity contribution in [3.05, 3.63) is 18.2 Å². The first kappa shape index (κ1) is 13.0. The van der Waals surface area contributed by atoms with Crippen LogP contribution < -0.4 is 5.32 Å². The van der Waals surface area contributed by atoms with Crippen LogP contribution in [0.3, 0.4) is 0 Å². The molecule has 0 aliphatic rings. The molecule has 1 aromatic rings. The number of imidazole rings is 1. The summed E-state index contributed by atoms with van der Waals surface area (Å²) in [6.45, 7) is 4.03. The van der Waals surface area contributed by atoms with Gasteiger partial charge in [-0.3, -0.25) is 4.79 Å². The Morgan fingerprint density at radius 2 is 2.38 bits per heavy atom. The predicted molar refractivity (Wildman–Crippen MR) is 64.7 cm³/mol. The molecule has 0 aliphatic heterocycles. The summed E-state index contributed by atoms with van der Waals surface area (Å²) in [5.74, 6) is 0.391. The van der Waals surface area contributed by atoms with Gasteiger partial charge in [0.2, 0.25) is 0 Å². The van der Waals surface area contributed by atoms with Crippen LogP contribution in [0.5, 0.6) is 0 Å². The molecule has 0 saturated heterocycles. The molecule has 90 valence electrons. The fraction of sp³-hybridized carbons (Fsp3) is 0.636. The van der Waals surface area contributed by atoms with Gasteiger partial charge in [-0.2, -0.15) is 0 Å². The lowest BCUT2D eigenvalue weighted by Crippen LogP contribution is -2.46. The molecule has 0 aliphatic carbocycles. The number of rotatable bonds is 5. The number of amides is 1. The monoisotopic (exact) mass is 243 g/mol. The normalized spacial score (nSPS) is 14.5. The molecule has 1 rings (SSSR count). The molecule has 1 heterocycles. The van der Waals surface area contributed by atoms with Gasteiger partial charge >= 0.3 is 0 Å². The van der Waals surface area contributed by atoms with E-state index in [-0.39, 0.29) is 11.4 Å². The minimum Gasteiger partial charge on any atom is -0.345 e. The van der Waals surface area contributed by atoms with Crippen molar-refractivity contribution in [2.24, 2.45) is 7.05 Å². The Kier molecular flexibility index (Phi) is 4.35. The molecule has 1 N–H and O–H groups in total. The Hall–Kier alpha value is -1.03. The maximum Gasteiger partial charge on any atom is 0.271 e. The van der Waals surface area contributed by atoms with Gasteiger partial charge in [0.1, 0.15) is 5.69 Å². The fourth-order valence-electron chi connectivity index (χ4n) is 1.40. The van der Waals surface area contributed by atoms with Crippen molar-refractivity contribution >= 4 is 17.5 Å². The van der Waals surface area contributed by atoms with Crippen LogP contribution in [0.25, 0.3) is 0 Å². The standard InChI is InChI=1S/C11H18ClN3O/c1-4-11(2,5-6-12)14-10(16)9-7-15(3)8-13-9/h7-8H,4-6H2,1-3H3,(H,14,16). The van der Waals surface area contributed by atoms with Crippen LogP contribution in [-0.2, 0) is 7.05 Å². The zero-order valence-electron chi connectivity index (χ0n) is 9.96. The van der Waals surface area contributed by atoms with E-state index in [0.29, 0.717) is 11.6 Å². The van der Waals surface area contributed by atoms with Crippen molar-refractivity contribution in [3.63, 3.8) is 0 Å². The average Bonchev–Trinajstić information content (AvgIpc) is 2.65. The number of hydrogen-bond donors (Lipinski definition) is 1.